The van der Waals surface area contributed by atoms with Crippen LogP contribution in [0.2, 0.25) is 0 Å². The van der Waals surface area contributed by atoms with Crippen molar-refractivity contribution in [2.24, 2.45) is 5.73 Å². The van der Waals surface area contributed by atoms with Crippen molar-refractivity contribution in [2.75, 3.05) is 5.75 Å². The zero-order chi connectivity index (χ0) is 13.9. The van der Waals surface area contributed by atoms with E-state index < -0.39 is 12.4 Å². The molecular weight excluding hydrogens is 275 g/mol. The molecule has 1 heterocycles. The Kier molecular flexibility index (Phi) is 4.62. The third-order valence-electron chi connectivity index (χ3n) is 3.12. The standard InChI is InChI=1S/C13H16F3NOS/c14-13(15,16)18-10-6-2-1-5-9(10)12(17)11-7-3-4-8-19-11/h1-2,5-6,11-12H,3-4,7-8,17H2. The van der Waals surface area contributed by atoms with Crippen molar-refractivity contribution >= 4 is 11.8 Å². The van der Waals surface area contributed by atoms with E-state index in [1.807, 2.05) is 0 Å². The van der Waals surface area contributed by atoms with Crippen molar-refractivity contribution < 1.29 is 17.9 Å². The molecule has 1 aromatic carbocycles. The molecule has 2 atom stereocenters. The average molecular weight is 291 g/mol. The molecule has 2 nitrogen and oxygen atoms in total. The second kappa shape index (κ2) is 6.05. The molecule has 1 aliphatic rings. The van der Waals surface area contributed by atoms with E-state index >= 15 is 0 Å². The van der Waals surface area contributed by atoms with Gasteiger partial charge in [-0.25, -0.2) is 0 Å². The van der Waals surface area contributed by atoms with E-state index in [0.29, 0.717) is 5.56 Å². The third kappa shape index (κ3) is 4.04. The molecule has 1 saturated heterocycles. The van der Waals surface area contributed by atoms with E-state index in [2.05, 4.69) is 4.74 Å². The highest BCUT2D eigenvalue weighted by atomic mass is 32.2. The summed E-state index contributed by atoms with van der Waals surface area (Å²) in [6.07, 6.45) is -1.52. The van der Waals surface area contributed by atoms with Gasteiger partial charge in [0, 0.05) is 16.9 Å². The van der Waals surface area contributed by atoms with Crippen LogP contribution in [0.3, 0.4) is 0 Å². The summed E-state index contributed by atoms with van der Waals surface area (Å²) in [6, 6.07) is 5.71. The summed E-state index contributed by atoms with van der Waals surface area (Å²) in [5, 5.41) is 0.159. The highest BCUT2D eigenvalue weighted by Crippen LogP contribution is 2.37. The predicted octanol–water partition coefficient (Wildman–Crippen LogP) is 3.87. The van der Waals surface area contributed by atoms with Crippen LogP contribution in [0, 0.1) is 0 Å². The van der Waals surface area contributed by atoms with Gasteiger partial charge in [-0.15, -0.1) is 13.2 Å². The van der Waals surface area contributed by atoms with E-state index in [4.69, 9.17) is 5.73 Å². The number of ether oxygens (including phenoxy) is 1. The summed E-state index contributed by atoms with van der Waals surface area (Å²) in [7, 11) is 0. The Labute approximate surface area is 114 Å². The molecule has 1 fully saturated rings. The third-order valence-corrected chi connectivity index (χ3v) is 4.60. The van der Waals surface area contributed by atoms with Crippen molar-refractivity contribution in [3.8, 4) is 5.75 Å². The molecular formula is C13H16F3NOS. The first-order chi connectivity index (χ1) is 8.97. The maximum Gasteiger partial charge on any atom is 0.573 e. The van der Waals surface area contributed by atoms with Crippen LogP contribution >= 0.6 is 11.8 Å². The van der Waals surface area contributed by atoms with Crippen LogP contribution in [0.4, 0.5) is 13.2 Å². The first kappa shape index (κ1) is 14.5. The van der Waals surface area contributed by atoms with Gasteiger partial charge in [-0.3, -0.25) is 0 Å². The van der Waals surface area contributed by atoms with Crippen molar-refractivity contribution in [1.82, 2.24) is 0 Å². The molecule has 6 heteroatoms. The Morgan fingerprint density at radius 2 is 2.00 bits per heavy atom. The highest BCUT2D eigenvalue weighted by Gasteiger charge is 2.33. The molecule has 0 aliphatic carbocycles. The van der Waals surface area contributed by atoms with E-state index in [1.165, 1.54) is 12.1 Å². The van der Waals surface area contributed by atoms with Gasteiger partial charge in [-0.05, 0) is 24.7 Å². The van der Waals surface area contributed by atoms with Gasteiger partial charge >= 0.3 is 6.36 Å². The highest BCUT2D eigenvalue weighted by molar-refractivity contribution is 8.00. The first-order valence-electron chi connectivity index (χ1n) is 6.19. The number of halogens is 3. The molecule has 1 aliphatic heterocycles. The minimum Gasteiger partial charge on any atom is -0.405 e. The monoisotopic (exact) mass is 291 g/mol. The normalized spacial score (nSPS) is 22.0. The number of hydrogen-bond donors (Lipinski definition) is 1. The number of para-hydroxylation sites is 1. The van der Waals surface area contributed by atoms with Gasteiger partial charge in [0.25, 0.3) is 0 Å². The molecule has 19 heavy (non-hydrogen) atoms. The summed E-state index contributed by atoms with van der Waals surface area (Å²) in [4.78, 5) is 0. The average Bonchev–Trinajstić information content (AvgIpc) is 2.38. The molecule has 0 bridgehead atoms. The fraction of sp³-hybridized carbons (Fsp3) is 0.538. The molecule has 106 valence electrons. The second-order valence-electron chi connectivity index (χ2n) is 4.52. The van der Waals surface area contributed by atoms with Crippen LogP contribution in [0.5, 0.6) is 5.75 Å². The zero-order valence-corrected chi connectivity index (χ0v) is 11.1. The molecule has 0 aromatic heterocycles. The van der Waals surface area contributed by atoms with Crippen LogP contribution in [0.25, 0.3) is 0 Å². The van der Waals surface area contributed by atoms with Crippen LogP contribution in [-0.2, 0) is 0 Å². The van der Waals surface area contributed by atoms with Gasteiger partial charge < -0.3 is 10.5 Å². The lowest BCUT2D eigenvalue weighted by molar-refractivity contribution is -0.275. The topological polar surface area (TPSA) is 35.2 Å². The number of alkyl halides is 3. The molecule has 2 N–H and O–H groups in total. The summed E-state index contributed by atoms with van der Waals surface area (Å²) in [5.74, 6) is 0.828. The smallest absolute Gasteiger partial charge is 0.405 e. The Morgan fingerprint density at radius 3 is 2.63 bits per heavy atom. The molecule has 2 rings (SSSR count). The summed E-state index contributed by atoms with van der Waals surface area (Å²) < 4.78 is 41.1. The lowest BCUT2D eigenvalue weighted by atomic mass is 9.99. The van der Waals surface area contributed by atoms with E-state index in [0.717, 1.165) is 25.0 Å². The van der Waals surface area contributed by atoms with Crippen LogP contribution in [-0.4, -0.2) is 17.4 Å². The minimum absolute atomic E-state index is 0.159. The van der Waals surface area contributed by atoms with Crippen molar-refractivity contribution in [3.63, 3.8) is 0 Å². The van der Waals surface area contributed by atoms with Crippen molar-refractivity contribution in [2.45, 2.75) is 36.9 Å². The Hall–Kier alpha value is -0.880. The van der Waals surface area contributed by atoms with Gasteiger partial charge in [0.15, 0.2) is 0 Å². The molecule has 0 spiro atoms. The Balaban J connectivity index is 2.18. The lowest BCUT2D eigenvalue weighted by Crippen LogP contribution is -2.28. The van der Waals surface area contributed by atoms with E-state index in [-0.39, 0.29) is 11.0 Å². The van der Waals surface area contributed by atoms with Crippen molar-refractivity contribution in [1.29, 1.82) is 0 Å². The van der Waals surface area contributed by atoms with Crippen LogP contribution in [0.1, 0.15) is 30.9 Å². The fourth-order valence-corrected chi connectivity index (χ4v) is 3.58. The number of thioether (sulfide) groups is 1. The van der Waals surface area contributed by atoms with Crippen LogP contribution < -0.4 is 10.5 Å². The summed E-state index contributed by atoms with van der Waals surface area (Å²) >= 11 is 1.73. The second-order valence-corrected chi connectivity index (χ2v) is 5.86. The number of hydrogen-bond acceptors (Lipinski definition) is 3. The van der Waals surface area contributed by atoms with Gasteiger partial charge in [0.1, 0.15) is 5.75 Å². The quantitative estimate of drug-likeness (QED) is 0.918. The van der Waals surface area contributed by atoms with Gasteiger partial charge in [0.2, 0.25) is 0 Å². The van der Waals surface area contributed by atoms with Gasteiger partial charge in [0.05, 0.1) is 0 Å². The molecule has 2 unspecified atom stereocenters. The van der Waals surface area contributed by atoms with Gasteiger partial charge in [-0.2, -0.15) is 11.8 Å². The fourth-order valence-electron chi connectivity index (χ4n) is 2.22. The summed E-state index contributed by atoms with van der Waals surface area (Å²) in [5.41, 5.74) is 6.55. The SMILES string of the molecule is NC(c1ccccc1OC(F)(F)F)C1CCCCS1. The van der Waals surface area contributed by atoms with E-state index in [9.17, 15) is 13.2 Å². The van der Waals surface area contributed by atoms with Crippen molar-refractivity contribution in [3.05, 3.63) is 29.8 Å². The molecule has 0 saturated carbocycles. The molecule has 0 radical (unpaired) electrons. The van der Waals surface area contributed by atoms with Crippen LogP contribution in [0.15, 0.2) is 24.3 Å². The maximum absolute atomic E-state index is 12.4. The number of rotatable bonds is 3. The van der Waals surface area contributed by atoms with E-state index in [1.54, 1.807) is 23.9 Å². The largest absolute Gasteiger partial charge is 0.573 e. The Morgan fingerprint density at radius 1 is 1.26 bits per heavy atom. The maximum atomic E-state index is 12.4. The molecule has 0 amide bonds. The lowest BCUT2D eigenvalue weighted by Gasteiger charge is -2.28. The number of nitrogens with two attached hydrogens (primary N) is 1. The zero-order valence-electron chi connectivity index (χ0n) is 10.3. The predicted molar refractivity (Wildman–Crippen MR) is 70.2 cm³/mol. The summed E-state index contributed by atoms with van der Waals surface area (Å²) in [6.45, 7) is 0. The first-order valence-corrected chi connectivity index (χ1v) is 7.24. The minimum atomic E-state index is -4.68. The van der Waals surface area contributed by atoms with Gasteiger partial charge in [-0.1, -0.05) is 24.6 Å². The molecule has 1 aromatic rings. The number of benzene rings is 1. The Bertz CT molecular complexity index is 419.